The third kappa shape index (κ3) is 5.87. The second-order valence-corrected chi connectivity index (χ2v) is 9.13. The summed E-state index contributed by atoms with van der Waals surface area (Å²) in [5, 5.41) is 0.736. The van der Waals surface area contributed by atoms with Crippen molar-refractivity contribution in [3.8, 4) is 11.5 Å². The predicted octanol–water partition coefficient (Wildman–Crippen LogP) is 4.39. The van der Waals surface area contributed by atoms with Crippen LogP contribution in [0.1, 0.15) is 6.42 Å². The summed E-state index contributed by atoms with van der Waals surface area (Å²) < 4.78 is 11.5. The lowest BCUT2D eigenvalue weighted by Gasteiger charge is -2.22. The van der Waals surface area contributed by atoms with Gasteiger partial charge in [-0.1, -0.05) is 11.3 Å². The van der Waals surface area contributed by atoms with Gasteiger partial charge in [-0.2, -0.15) is 0 Å². The Balaban J connectivity index is 1.69. The van der Waals surface area contributed by atoms with Crippen LogP contribution in [0.2, 0.25) is 0 Å². The first-order valence-electron chi connectivity index (χ1n) is 9.66. The van der Waals surface area contributed by atoms with Gasteiger partial charge in [-0.25, -0.2) is 4.98 Å². The van der Waals surface area contributed by atoms with Crippen LogP contribution < -0.4 is 14.4 Å². The topological polar surface area (TPSA) is 54.9 Å². The Labute approximate surface area is 185 Å². The lowest BCUT2D eigenvalue weighted by molar-refractivity contribution is -0.118. The highest BCUT2D eigenvalue weighted by Crippen LogP contribution is 2.32. The van der Waals surface area contributed by atoms with Crippen LogP contribution in [0.4, 0.5) is 5.13 Å². The van der Waals surface area contributed by atoms with Crippen molar-refractivity contribution in [2.75, 3.05) is 52.1 Å². The molecule has 0 saturated carbocycles. The Morgan fingerprint density at radius 2 is 1.73 bits per heavy atom. The summed E-state index contributed by atoms with van der Waals surface area (Å²) >= 11 is 3.19. The van der Waals surface area contributed by atoms with E-state index in [2.05, 4.69) is 4.90 Å². The molecule has 0 radical (unpaired) electrons. The van der Waals surface area contributed by atoms with Gasteiger partial charge < -0.3 is 14.4 Å². The van der Waals surface area contributed by atoms with Gasteiger partial charge in [0, 0.05) is 30.2 Å². The fourth-order valence-corrected chi connectivity index (χ4v) is 4.70. The van der Waals surface area contributed by atoms with E-state index >= 15 is 0 Å². The first kappa shape index (κ1) is 22.4. The highest BCUT2D eigenvalue weighted by Gasteiger charge is 2.20. The minimum atomic E-state index is 0.0869. The van der Waals surface area contributed by atoms with Crippen LogP contribution in [0.15, 0.2) is 47.4 Å². The van der Waals surface area contributed by atoms with E-state index in [1.165, 1.54) is 11.3 Å². The quantitative estimate of drug-likeness (QED) is 0.432. The molecule has 0 saturated heterocycles. The van der Waals surface area contributed by atoms with Gasteiger partial charge in [0.15, 0.2) is 5.13 Å². The Hall–Kier alpha value is -2.29. The highest BCUT2D eigenvalue weighted by atomic mass is 32.2. The van der Waals surface area contributed by atoms with Gasteiger partial charge in [0.05, 0.1) is 24.4 Å². The molecule has 3 rings (SSSR count). The van der Waals surface area contributed by atoms with E-state index < -0.39 is 0 Å². The molecule has 0 aliphatic carbocycles. The number of benzene rings is 2. The number of anilines is 1. The SMILES string of the molecule is COc1ccc(SCCC(=O)N(CCN(C)C)c2nc3ccc(OC)cc3s2)cc1. The number of aromatic nitrogens is 1. The number of ether oxygens (including phenoxy) is 2. The minimum Gasteiger partial charge on any atom is -0.497 e. The lowest BCUT2D eigenvalue weighted by atomic mass is 10.3. The zero-order valence-corrected chi connectivity index (χ0v) is 19.4. The number of thioether (sulfide) groups is 1. The Morgan fingerprint density at radius 1 is 1.03 bits per heavy atom. The summed E-state index contributed by atoms with van der Waals surface area (Å²) in [4.78, 5) is 22.8. The molecule has 1 amide bonds. The van der Waals surface area contributed by atoms with Gasteiger partial charge in [-0.15, -0.1) is 11.8 Å². The summed E-state index contributed by atoms with van der Waals surface area (Å²) in [6, 6.07) is 13.7. The first-order valence-corrected chi connectivity index (χ1v) is 11.5. The van der Waals surface area contributed by atoms with E-state index in [-0.39, 0.29) is 5.91 Å². The third-order valence-corrected chi connectivity index (χ3v) is 6.59. The maximum Gasteiger partial charge on any atom is 0.229 e. The van der Waals surface area contributed by atoms with Crippen LogP contribution in [0.25, 0.3) is 10.2 Å². The van der Waals surface area contributed by atoms with Crippen LogP contribution in [0.5, 0.6) is 11.5 Å². The van der Waals surface area contributed by atoms with E-state index in [4.69, 9.17) is 14.5 Å². The zero-order chi connectivity index (χ0) is 21.5. The van der Waals surface area contributed by atoms with E-state index in [1.807, 2.05) is 61.5 Å². The van der Waals surface area contributed by atoms with Crippen LogP contribution >= 0.6 is 23.1 Å². The first-order chi connectivity index (χ1) is 14.5. The molecule has 0 unspecified atom stereocenters. The molecule has 1 aromatic heterocycles. The number of carbonyl (C=O) groups excluding carboxylic acids is 1. The number of rotatable bonds is 10. The molecular weight excluding hydrogens is 418 g/mol. The molecule has 0 fully saturated rings. The molecule has 3 aromatic rings. The molecule has 0 bridgehead atoms. The summed E-state index contributed by atoms with van der Waals surface area (Å²) in [7, 11) is 7.31. The molecule has 0 N–H and O–H groups in total. The van der Waals surface area contributed by atoms with Crippen LogP contribution in [-0.2, 0) is 4.79 Å². The number of hydrogen-bond donors (Lipinski definition) is 0. The molecule has 0 spiro atoms. The van der Waals surface area contributed by atoms with Crippen molar-refractivity contribution in [1.82, 2.24) is 9.88 Å². The maximum absolute atomic E-state index is 13.1. The standard InChI is InChI=1S/C22H27N3O3S2/c1-24(2)12-13-25(22-23-19-10-7-17(28-4)15-20(19)30-22)21(26)11-14-29-18-8-5-16(27-3)6-9-18/h5-10,15H,11-14H2,1-4H3. The second-order valence-electron chi connectivity index (χ2n) is 6.95. The molecule has 160 valence electrons. The van der Waals surface area contributed by atoms with Crippen molar-refractivity contribution in [2.24, 2.45) is 0 Å². The number of thiazole rings is 1. The largest absolute Gasteiger partial charge is 0.497 e. The van der Waals surface area contributed by atoms with Crippen LogP contribution in [0.3, 0.4) is 0 Å². The molecule has 30 heavy (non-hydrogen) atoms. The Morgan fingerprint density at radius 3 is 2.40 bits per heavy atom. The van der Waals surface area contributed by atoms with Crippen LogP contribution in [-0.4, -0.2) is 62.9 Å². The molecule has 8 heteroatoms. The number of hydrogen-bond acceptors (Lipinski definition) is 7. The molecule has 0 aliphatic rings. The monoisotopic (exact) mass is 445 g/mol. The van der Waals surface area contributed by atoms with Gasteiger partial charge in [-0.3, -0.25) is 9.69 Å². The van der Waals surface area contributed by atoms with E-state index in [0.717, 1.165) is 38.3 Å². The molecular formula is C22H27N3O3S2. The van der Waals surface area contributed by atoms with E-state index in [0.29, 0.717) is 18.7 Å². The summed E-state index contributed by atoms with van der Waals surface area (Å²) in [6.07, 6.45) is 0.448. The molecule has 1 heterocycles. The van der Waals surface area contributed by atoms with Crippen LogP contribution in [0, 0.1) is 0 Å². The predicted molar refractivity (Wildman–Crippen MR) is 125 cm³/mol. The average molecular weight is 446 g/mol. The summed E-state index contributed by atoms with van der Waals surface area (Å²) in [5.41, 5.74) is 0.881. The molecule has 0 atom stereocenters. The zero-order valence-electron chi connectivity index (χ0n) is 17.8. The van der Waals surface area contributed by atoms with Gasteiger partial charge in [0.25, 0.3) is 0 Å². The van der Waals surface area contributed by atoms with E-state index in [9.17, 15) is 4.79 Å². The lowest BCUT2D eigenvalue weighted by Crippen LogP contribution is -2.36. The minimum absolute atomic E-state index is 0.0869. The van der Waals surface area contributed by atoms with Crippen molar-refractivity contribution in [1.29, 1.82) is 0 Å². The molecule has 0 aliphatic heterocycles. The fourth-order valence-electron chi connectivity index (χ4n) is 2.83. The van der Waals surface area contributed by atoms with Crippen molar-refractivity contribution in [3.05, 3.63) is 42.5 Å². The molecule has 2 aromatic carbocycles. The number of amides is 1. The van der Waals surface area contributed by atoms with Gasteiger partial charge >= 0.3 is 0 Å². The normalized spacial score (nSPS) is 11.1. The third-order valence-electron chi connectivity index (χ3n) is 4.53. The Kier molecular flexibility index (Phi) is 7.95. The van der Waals surface area contributed by atoms with Crippen molar-refractivity contribution in [3.63, 3.8) is 0 Å². The van der Waals surface area contributed by atoms with Gasteiger partial charge in [0.1, 0.15) is 11.5 Å². The number of fused-ring (bicyclic) bond motifs is 1. The van der Waals surface area contributed by atoms with Gasteiger partial charge in [-0.05, 0) is 56.6 Å². The number of methoxy groups -OCH3 is 2. The fraction of sp³-hybridized carbons (Fsp3) is 0.364. The van der Waals surface area contributed by atoms with Crippen molar-refractivity contribution >= 4 is 44.4 Å². The van der Waals surface area contributed by atoms with Gasteiger partial charge in [0.2, 0.25) is 5.91 Å². The van der Waals surface area contributed by atoms with Crippen molar-refractivity contribution < 1.29 is 14.3 Å². The number of carbonyl (C=O) groups is 1. The van der Waals surface area contributed by atoms with Crippen molar-refractivity contribution in [2.45, 2.75) is 11.3 Å². The average Bonchev–Trinajstić information content (AvgIpc) is 3.16. The highest BCUT2D eigenvalue weighted by molar-refractivity contribution is 7.99. The Bertz CT molecular complexity index is 973. The molecule has 6 nitrogen and oxygen atoms in total. The maximum atomic E-state index is 13.1. The number of likely N-dealkylation sites (N-methyl/N-ethyl adjacent to an activating group) is 1. The number of nitrogens with zero attached hydrogens (tertiary/aromatic N) is 3. The second kappa shape index (κ2) is 10.7. The van der Waals surface area contributed by atoms with E-state index in [1.54, 1.807) is 26.0 Å². The smallest absolute Gasteiger partial charge is 0.229 e. The summed E-state index contributed by atoms with van der Waals surface area (Å²) in [6.45, 7) is 1.38. The summed E-state index contributed by atoms with van der Waals surface area (Å²) in [5.74, 6) is 2.42.